The fourth-order valence-corrected chi connectivity index (χ4v) is 1.79. The summed E-state index contributed by atoms with van der Waals surface area (Å²) >= 11 is 0.137. The Morgan fingerprint density at radius 3 is 2.70 bits per heavy atom. The van der Waals surface area contributed by atoms with E-state index in [1.165, 1.54) is 18.3 Å². The predicted octanol–water partition coefficient (Wildman–Crippen LogP) is 2.50. The van der Waals surface area contributed by atoms with E-state index in [1.54, 1.807) is 13.8 Å². The van der Waals surface area contributed by atoms with Gasteiger partial charge in [-0.25, -0.2) is 14.6 Å². The van der Waals surface area contributed by atoms with Gasteiger partial charge in [0.1, 0.15) is 5.03 Å². The van der Waals surface area contributed by atoms with Gasteiger partial charge >= 0.3 is 11.9 Å². The van der Waals surface area contributed by atoms with Crippen molar-refractivity contribution in [1.82, 2.24) is 4.98 Å². The van der Waals surface area contributed by atoms with Gasteiger partial charge in [-0.05, 0) is 37.7 Å². The van der Waals surface area contributed by atoms with Gasteiger partial charge in [-0.1, -0.05) is 0 Å². The molecule has 20 heavy (non-hydrogen) atoms. The second-order valence-corrected chi connectivity index (χ2v) is 4.83. The van der Waals surface area contributed by atoms with E-state index in [-0.39, 0.29) is 28.5 Å². The lowest BCUT2D eigenvalue weighted by Gasteiger charge is -2.09. The molecule has 1 aromatic rings. The normalized spacial score (nSPS) is 10.7. The first kappa shape index (κ1) is 16.4. The van der Waals surface area contributed by atoms with Crippen molar-refractivity contribution in [2.24, 2.45) is 0 Å². The quantitative estimate of drug-likeness (QED) is 0.594. The first-order valence-electron chi connectivity index (χ1n) is 5.66. The number of alkyl halides is 2. The molecule has 110 valence electrons. The van der Waals surface area contributed by atoms with Gasteiger partial charge in [0.25, 0.3) is 5.76 Å². The molecule has 0 saturated heterocycles. The second kappa shape index (κ2) is 7.78. The van der Waals surface area contributed by atoms with Crippen LogP contribution in [0.4, 0.5) is 8.78 Å². The lowest BCUT2D eigenvalue weighted by molar-refractivity contribution is -0.150. The molecular weight excluding hydrogens is 292 g/mol. The number of halogens is 2. The summed E-state index contributed by atoms with van der Waals surface area (Å²) in [4.78, 5) is 26.6. The average Bonchev–Trinajstić information content (AvgIpc) is 2.35. The number of nitrogens with zero attached hydrogens (tertiary/aromatic N) is 1. The summed E-state index contributed by atoms with van der Waals surface area (Å²) < 4.78 is 34.1. The van der Waals surface area contributed by atoms with Crippen LogP contribution in [0.3, 0.4) is 0 Å². The monoisotopic (exact) mass is 305 g/mol. The zero-order chi connectivity index (χ0) is 15.1. The average molecular weight is 305 g/mol. The molecule has 1 heterocycles. The summed E-state index contributed by atoms with van der Waals surface area (Å²) in [6, 6.07) is 2.71. The van der Waals surface area contributed by atoms with Crippen molar-refractivity contribution >= 4 is 23.7 Å². The summed E-state index contributed by atoms with van der Waals surface area (Å²) in [6.45, 7) is 2.72. The van der Waals surface area contributed by atoms with Gasteiger partial charge in [0, 0.05) is 6.20 Å². The first-order valence-corrected chi connectivity index (χ1v) is 6.54. The molecule has 0 fully saturated rings. The number of ether oxygens (including phenoxy) is 2. The smallest absolute Gasteiger partial charge is 0.344 e. The Labute approximate surface area is 118 Å². The zero-order valence-electron chi connectivity index (χ0n) is 10.8. The Kier molecular flexibility index (Phi) is 6.37. The van der Waals surface area contributed by atoms with E-state index in [0.717, 1.165) is 0 Å². The van der Waals surface area contributed by atoms with Crippen molar-refractivity contribution < 1.29 is 27.8 Å². The minimum absolute atomic E-state index is 0.116. The number of aromatic nitrogens is 1. The van der Waals surface area contributed by atoms with Gasteiger partial charge in [-0.15, -0.1) is 0 Å². The van der Waals surface area contributed by atoms with Crippen LogP contribution < -0.4 is 0 Å². The fourth-order valence-electron chi connectivity index (χ4n) is 1.22. The van der Waals surface area contributed by atoms with Crippen molar-refractivity contribution in [3.05, 3.63) is 23.9 Å². The number of hydrogen-bond acceptors (Lipinski definition) is 6. The van der Waals surface area contributed by atoms with Gasteiger partial charge in [0.15, 0.2) is 6.61 Å². The molecule has 0 aliphatic heterocycles. The number of rotatable bonds is 6. The maximum Gasteiger partial charge on any atom is 0.344 e. The fraction of sp³-hybridized carbons (Fsp3) is 0.417. The molecule has 0 radical (unpaired) electrons. The molecule has 0 aliphatic rings. The van der Waals surface area contributed by atoms with Crippen LogP contribution in [0.15, 0.2) is 23.4 Å². The molecule has 1 rings (SSSR count). The maximum absolute atomic E-state index is 12.3. The largest absolute Gasteiger partial charge is 0.460 e. The maximum atomic E-state index is 12.3. The highest BCUT2D eigenvalue weighted by Crippen LogP contribution is 2.26. The molecule has 0 saturated carbocycles. The van der Waals surface area contributed by atoms with Crippen LogP contribution in [0.25, 0.3) is 0 Å². The Morgan fingerprint density at radius 1 is 1.40 bits per heavy atom. The summed E-state index contributed by atoms with van der Waals surface area (Å²) in [5.74, 6) is -4.32. The van der Waals surface area contributed by atoms with Crippen LogP contribution in [0.1, 0.15) is 24.2 Å². The van der Waals surface area contributed by atoms with E-state index in [2.05, 4.69) is 4.98 Å². The molecule has 0 spiro atoms. The Hall–Kier alpha value is -1.70. The number of carbonyl (C=O) groups excluding carboxylic acids is 2. The van der Waals surface area contributed by atoms with Crippen LogP contribution in [-0.2, 0) is 14.3 Å². The molecule has 0 N–H and O–H groups in total. The second-order valence-electron chi connectivity index (χ2n) is 3.85. The highest BCUT2D eigenvalue weighted by Gasteiger charge is 2.19. The molecule has 0 aliphatic carbocycles. The SMILES string of the molecule is CC(C)OC(=O)COC(=O)c1cccnc1SC(F)F. The number of pyridine rings is 1. The summed E-state index contributed by atoms with van der Waals surface area (Å²) in [5, 5.41) is -0.148. The summed E-state index contributed by atoms with van der Waals surface area (Å²) in [6.07, 6.45) is 0.957. The molecule has 0 bridgehead atoms. The number of thioether (sulfide) groups is 1. The Morgan fingerprint density at radius 2 is 2.10 bits per heavy atom. The lowest BCUT2D eigenvalue weighted by Crippen LogP contribution is -2.20. The van der Waals surface area contributed by atoms with Crippen LogP contribution >= 0.6 is 11.8 Å². The van der Waals surface area contributed by atoms with Crippen LogP contribution in [0.2, 0.25) is 0 Å². The molecule has 0 aromatic carbocycles. The Bertz CT molecular complexity index is 482. The van der Waals surface area contributed by atoms with Crippen molar-refractivity contribution in [2.75, 3.05) is 6.61 Å². The molecule has 0 amide bonds. The van der Waals surface area contributed by atoms with Crippen molar-refractivity contribution in [3.63, 3.8) is 0 Å². The number of carbonyl (C=O) groups is 2. The molecule has 8 heteroatoms. The molecule has 1 aromatic heterocycles. The minimum atomic E-state index is -2.71. The van der Waals surface area contributed by atoms with Crippen molar-refractivity contribution in [3.8, 4) is 0 Å². The molecule has 0 unspecified atom stereocenters. The van der Waals surface area contributed by atoms with E-state index in [0.29, 0.717) is 0 Å². The minimum Gasteiger partial charge on any atom is -0.460 e. The van der Waals surface area contributed by atoms with Crippen LogP contribution in [0.5, 0.6) is 0 Å². The first-order chi connectivity index (χ1) is 9.40. The number of hydrogen-bond donors (Lipinski definition) is 0. The third kappa shape index (κ3) is 5.52. The van der Waals surface area contributed by atoms with Crippen LogP contribution in [-0.4, -0.2) is 35.4 Å². The van der Waals surface area contributed by atoms with Crippen molar-refractivity contribution in [2.45, 2.75) is 30.7 Å². The van der Waals surface area contributed by atoms with E-state index in [1.807, 2.05) is 0 Å². The van der Waals surface area contributed by atoms with Crippen molar-refractivity contribution in [1.29, 1.82) is 0 Å². The molecule has 0 atom stereocenters. The number of esters is 2. The molecule has 5 nitrogen and oxygen atoms in total. The van der Waals surface area contributed by atoms with Gasteiger partial charge in [-0.2, -0.15) is 8.78 Å². The van der Waals surface area contributed by atoms with Gasteiger partial charge < -0.3 is 9.47 Å². The highest BCUT2D eigenvalue weighted by atomic mass is 32.2. The highest BCUT2D eigenvalue weighted by molar-refractivity contribution is 7.99. The third-order valence-electron chi connectivity index (χ3n) is 1.88. The van der Waals surface area contributed by atoms with E-state index < -0.39 is 24.3 Å². The van der Waals surface area contributed by atoms with Gasteiger partial charge in [0.05, 0.1) is 11.7 Å². The third-order valence-corrected chi connectivity index (χ3v) is 2.61. The summed E-state index contributed by atoms with van der Waals surface area (Å²) in [5.41, 5.74) is -0.116. The standard InChI is InChI=1S/C12H13F2NO4S/c1-7(2)19-9(16)6-18-11(17)8-4-3-5-15-10(8)20-12(13)14/h3-5,7,12H,6H2,1-2H3. The van der Waals surface area contributed by atoms with E-state index in [9.17, 15) is 18.4 Å². The van der Waals surface area contributed by atoms with E-state index in [4.69, 9.17) is 9.47 Å². The zero-order valence-corrected chi connectivity index (χ0v) is 11.7. The molecular formula is C12H13F2NO4S. The van der Waals surface area contributed by atoms with Gasteiger partial charge in [0.2, 0.25) is 0 Å². The summed E-state index contributed by atoms with van der Waals surface area (Å²) in [7, 11) is 0. The predicted molar refractivity (Wildman–Crippen MR) is 67.6 cm³/mol. The van der Waals surface area contributed by atoms with E-state index >= 15 is 0 Å². The Balaban J connectivity index is 2.66. The topological polar surface area (TPSA) is 65.5 Å². The van der Waals surface area contributed by atoms with Crippen LogP contribution in [0, 0.1) is 0 Å². The lowest BCUT2D eigenvalue weighted by atomic mass is 10.3. The van der Waals surface area contributed by atoms with Gasteiger partial charge in [-0.3, -0.25) is 0 Å².